The molecule has 3 saturated carbocycles. The van der Waals surface area contributed by atoms with Crippen LogP contribution in [0.3, 0.4) is 0 Å². The first-order valence-corrected chi connectivity index (χ1v) is 22.1. The van der Waals surface area contributed by atoms with Crippen molar-refractivity contribution < 1.29 is 9.47 Å². The molecule has 0 spiro atoms. The number of ether oxygens (including phenoxy) is 2. The average molecular weight is 753 g/mol. The van der Waals surface area contributed by atoms with E-state index in [2.05, 4.69) is 102 Å². The van der Waals surface area contributed by atoms with Gasteiger partial charge in [-0.1, -0.05) is 97.2 Å². The highest BCUT2D eigenvalue weighted by Crippen LogP contribution is 2.68. The summed E-state index contributed by atoms with van der Waals surface area (Å²) in [6.45, 7) is 14.9. The van der Waals surface area contributed by atoms with Crippen LogP contribution in [0.1, 0.15) is 123 Å². The van der Waals surface area contributed by atoms with Crippen molar-refractivity contribution >= 4 is 5.69 Å². The van der Waals surface area contributed by atoms with Crippen LogP contribution in [-0.2, 0) is 5.41 Å². The predicted octanol–water partition coefficient (Wildman–Crippen LogP) is 13.4. The lowest BCUT2D eigenvalue weighted by Crippen LogP contribution is -2.54. The van der Waals surface area contributed by atoms with Crippen LogP contribution in [0.15, 0.2) is 109 Å². The monoisotopic (exact) mass is 753 g/mol. The standard InChI is InChI=1S/C52H68N2O2/c1-34(2)8-7-9-35(3)46-25-26-47-45-24-14-39-33-52(31-30-50(39,5)48(45)28-29-51(46,47)6,37-10-17-41(18-11-37)55-43-21-15-40(53)16-22-43)38-12-19-42(20-13-38)56-44-23-27-49(54)36(4)32-44/h10-24,27,34-36,39,45-48H,7-9,25-26,28-33,53-54H2,1-6H3. The Hall–Kier alpha value is -3.92. The molecule has 3 aromatic carbocycles. The zero-order valence-electron chi connectivity index (χ0n) is 35.1. The second kappa shape index (κ2) is 15.4. The molecule has 0 aromatic heterocycles. The third-order valence-electron chi connectivity index (χ3n) is 16.2. The largest absolute Gasteiger partial charge is 0.462 e. The number of rotatable bonds is 11. The molecule has 0 aliphatic heterocycles. The molecule has 298 valence electrons. The van der Waals surface area contributed by atoms with Crippen LogP contribution in [0.4, 0.5) is 5.69 Å². The van der Waals surface area contributed by atoms with Crippen LogP contribution >= 0.6 is 0 Å². The molecule has 3 fully saturated rings. The smallest absolute Gasteiger partial charge is 0.127 e. The van der Waals surface area contributed by atoms with E-state index in [9.17, 15) is 0 Å². The van der Waals surface area contributed by atoms with E-state index < -0.39 is 0 Å². The van der Waals surface area contributed by atoms with E-state index in [1.54, 1.807) is 0 Å². The molecule has 0 radical (unpaired) electrons. The van der Waals surface area contributed by atoms with Crippen molar-refractivity contribution in [2.24, 2.45) is 63.9 Å². The second-order valence-electron chi connectivity index (χ2n) is 19.8. The number of benzene rings is 3. The Morgan fingerprint density at radius 3 is 1.95 bits per heavy atom. The zero-order valence-corrected chi connectivity index (χ0v) is 35.1. The summed E-state index contributed by atoms with van der Waals surface area (Å²) in [4.78, 5) is 0. The highest BCUT2D eigenvalue weighted by Gasteiger charge is 2.61. The predicted molar refractivity (Wildman–Crippen MR) is 232 cm³/mol. The van der Waals surface area contributed by atoms with Gasteiger partial charge in [-0.2, -0.15) is 0 Å². The Balaban J connectivity index is 1.07. The van der Waals surface area contributed by atoms with Crippen LogP contribution < -0.4 is 20.9 Å². The van der Waals surface area contributed by atoms with Gasteiger partial charge in [0.15, 0.2) is 0 Å². The van der Waals surface area contributed by atoms with Crippen LogP contribution in [0, 0.1) is 58.2 Å². The van der Waals surface area contributed by atoms with Crippen LogP contribution in [-0.4, -0.2) is 0 Å². The van der Waals surface area contributed by atoms with Crippen molar-refractivity contribution in [3.05, 3.63) is 120 Å². The number of hydrogen-bond acceptors (Lipinski definition) is 4. The molecule has 3 aromatic rings. The van der Waals surface area contributed by atoms with Gasteiger partial charge in [0, 0.05) is 29.1 Å². The fourth-order valence-corrected chi connectivity index (χ4v) is 12.8. The summed E-state index contributed by atoms with van der Waals surface area (Å²) in [5, 5.41) is 0. The number of nitrogens with two attached hydrogens (primary N) is 2. The molecule has 0 saturated heterocycles. The fraction of sp³-hybridized carbons (Fsp3) is 0.538. The van der Waals surface area contributed by atoms with Crippen molar-refractivity contribution in [2.75, 3.05) is 5.73 Å². The Morgan fingerprint density at radius 2 is 1.30 bits per heavy atom. The van der Waals surface area contributed by atoms with E-state index in [0.717, 1.165) is 89.2 Å². The molecule has 4 nitrogen and oxygen atoms in total. The molecule has 0 bridgehead atoms. The SMILES string of the molecule is CC(C)CCCC(C)C1CCC2C3C=CC4CC(c5ccc(OC6=CC=C(N)C(C)C6)cc5)(c5ccc(Oc6ccc(N)cc6)cc5)CCC4(C)C3CCC12C. The summed E-state index contributed by atoms with van der Waals surface area (Å²) in [6, 6.07) is 25.7. The maximum Gasteiger partial charge on any atom is 0.127 e. The Morgan fingerprint density at radius 1 is 0.679 bits per heavy atom. The number of hydrogen-bond donors (Lipinski definition) is 2. The highest BCUT2D eigenvalue weighted by atomic mass is 16.5. The van der Waals surface area contributed by atoms with Gasteiger partial charge in [0.05, 0.1) is 0 Å². The van der Waals surface area contributed by atoms with Gasteiger partial charge in [-0.05, 0) is 169 Å². The molecular weight excluding hydrogens is 685 g/mol. The Kier molecular flexibility index (Phi) is 10.7. The van der Waals surface area contributed by atoms with E-state index in [4.69, 9.17) is 20.9 Å². The fourth-order valence-electron chi connectivity index (χ4n) is 12.8. The lowest BCUT2D eigenvalue weighted by molar-refractivity contribution is -0.0720. The van der Waals surface area contributed by atoms with Gasteiger partial charge in [0.1, 0.15) is 23.0 Å². The molecule has 5 aliphatic carbocycles. The first kappa shape index (κ1) is 38.9. The molecule has 0 heterocycles. The topological polar surface area (TPSA) is 70.5 Å². The number of fused-ring (bicyclic) bond motifs is 5. The van der Waals surface area contributed by atoms with Gasteiger partial charge in [-0.15, -0.1) is 0 Å². The summed E-state index contributed by atoms with van der Waals surface area (Å²) >= 11 is 0. The normalized spacial score (nSPS) is 34.1. The highest BCUT2D eigenvalue weighted by molar-refractivity contribution is 5.47. The lowest BCUT2D eigenvalue weighted by atomic mass is 9.43. The van der Waals surface area contributed by atoms with E-state index in [1.807, 2.05) is 36.4 Å². The van der Waals surface area contributed by atoms with E-state index >= 15 is 0 Å². The van der Waals surface area contributed by atoms with Gasteiger partial charge in [0.2, 0.25) is 0 Å². The lowest BCUT2D eigenvalue weighted by Gasteiger charge is -2.61. The van der Waals surface area contributed by atoms with Crippen molar-refractivity contribution in [2.45, 2.75) is 118 Å². The van der Waals surface area contributed by atoms with E-state index in [-0.39, 0.29) is 5.41 Å². The molecule has 0 amide bonds. The Labute approximate surface area is 338 Å². The van der Waals surface area contributed by atoms with Gasteiger partial charge < -0.3 is 20.9 Å². The molecular formula is C52H68N2O2. The molecule has 5 aliphatic rings. The first-order chi connectivity index (χ1) is 26.9. The first-order valence-electron chi connectivity index (χ1n) is 22.1. The van der Waals surface area contributed by atoms with Crippen LogP contribution in [0.5, 0.6) is 17.2 Å². The average Bonchev–Trinajstić information content (AvgIpc) is 3.55. The summed E-state index contributed by atoms with van der Waals surface area (Å²) in [5.74, 6) is 9.17. The minimum atomic E-state index is -0.109. The minimum absolute atomic E-state index is 0.109. The molecule has 10 unspecified atom stereocenters. The van der Waals surface area contributed by atoms with Crippen molar-refractivity contribution in [1.82, 2.24) is 0 Å². The summed E-state index contributed by atoms with van der Waals surface area (Å²) in [6.07, 6.45) is 23.6. The van der Waals surface area contributed by atoms with Gasteiger partial charge in [0.25, 0.3) is 0 Å². The van der Waals surface area contributed by atoms with E-state index in [0.29, 0.717) is 22.7 Å². The number of allylic oxidation sites excluding steroid dienone is 6. The maximum atomic E-state index is 6.41. The quantitative estimate of drug-likeness (QED) is 0.151. The third-order valence-corrected chi connectivity index (χ3v) is 16.2. The second-order valence-corrected chi connectivity index (χ2v) is 19.8. The van der Waals surface area contributed by atoms with Crippen molar-refractivity contribution in [3.63, 3.8) is 0 Å². The third kappa shape index (κ3) is 7.24. The summed E-state index contributed by atoms with van der Waals surface area (Å²) < 4.78 is 12.7. The number of nitrogen functional groups attached to an aromatic ring is 1. The van der Waals surface area contributed by atoms with Crippen molar-refractivity contribution in [3.8, 4) is 17.2 Å². The summed E-state index contributed by atoms with van der Waals surface area (Å²) in [7, 11) is 0. The van der Waals surface area contributed by atoms with Gasteiger partial charge in [-0.25, -0.2) is 0 Å². The molecule has 4 heteroatoms. The molecule has 8 rings (SSSR count). The van der Waals surface area contributed by atoms with Crippen LogP contribution in [0.2, 0.25) is 0 Å². The Bertz CT molecular complexity index is 1920. The summed E-state index contributed by atoms with van der Waals surface area (Å²) in [5.41, 5.74) is 17.2. The van der Waals surface area contributed by atoms with Gasteiger partial charge in [-0.3, -0.25) is 0 Å². The van der Waals surface area contributed by atoms with Crippen molar-refractivity contribution in [1.29, 1.82) is 0 Å². The maximum absolute atomic E-state index is 6.41. The minimum Gasteiger partial charge on any atom is -0.462 e. The number of anilines is 1. The molecule has 56 heavy (non-hydrogen) atoms. The zero-order chi connectivity index (χ0) is 39.2. The van der Waals surface area contributed by atoms with Gasteiger partial charge >= 0.3 is 0 Å². The van der Waals surface area contributed by atoms with Crippen LogP contribution in [0.25, 0.3) is 0 Å². The molecule has 10 atom stereocenters. The molecule has 4 N–H and O–H groups in total. The van der Waals surface area contributed by atoms with E-state index in [1.165, 1.54) is 62.5 Å².